The molecule has 132 valence electrons. The van der Waals surface area contributed by atoms with E-state index in [1.807, 2.05) is 0 Å². The Labute approximate surface area is 137 Å². The molecule has 1 aliphatic carbocycles. The number of carbonyl (C=O) groups excluding carboxylic acids is 2. The van der Waals surface area contributed by atoms with Gasteiger partial charge in [-0.1, -0.05) is 12.8 Å². The topological polar surface area (TPSA) is 98.8 Å². The Morgan fingerprint density at radius 2 is 1.61 bits per heavy atom. The lowest BCUT2D eigenvalue weighted by molar-refractivity contribution is -0.138. The number of hydrogen-bond acceptors (Lipinski definition) is 4. The van der Waals surface area contributed by atoms with Crippen molar-refractivity contribution in [2.24, 2.45) is 0 Å². The fourth-order valence-electron chi connectivity index (χ4n) is 3.03. The molecule has 0 unspecified atom stereocenters. The van der Waals surface area contributed by atoms with Crippen LogP contribution in [0.2, 0.25) is 0 Å². The predicted octanol–water partition coefficient (Wildman–Crippen LogP) is -0.566. The van der Waals surface area contributed by atoms with Gasteiger partial charge >= 0.3 is 0 Å². The monoisotopic (exact) mass is 346 g/mol. The van der Waals surface area contributed by atoms with Crippen molar-refractivity contribution in [1.29, 1.82) is 0 Å². The second-order valence-electron chi connectivity index (χ2n) is 6.13. The van der Waals surface area contributed by atoms with Gasteiger partial charge in [0, 0.05) is 52.1 Å². The van der Waals surface area contributed by atoms with E-state index in [2.05, 4.69) is 9.44 Å². The Hall–Kier alpha value is -1.19. The van der Waals surface area contributed by atoms with Gasteiger partial charge in [0.1, 0.15) is 0 Å². The highest BCUT2D eigenvalue weighted by Crippen LogP contribution is 2.18. The minimum absolute atomic E-state index is 0.0165. The van der Waals surface area contributed by atoms with Crippen LogP contribution in [-0.2, 0) is 19.8 Å². The molecule has 1 saturated carbocycles. The quantitative estimate of drug-likeness (QED) is 0.673. The molecule has 0 aromatic carbocycles. The van der Waals surface area contributed by atoms with E-state index in [-0.39, 0.29) is 30.8 Å². The number of hydrogen-bond donors (Lipinski definition) is 2. The molecule has 0 atom stereocenters. The van der Waals surface area contributed by atoms with E-state index in [1.165, 1.54) is 6.92 Å². The zero-order chi connectivity index (χ0) is 16.9. The lowest BCUT2D eigenvalue weighted by Gasteiger charge is -2.34. The second kappa shape index (κ2) is 8.07. The summed E-state index contributed by atoms with van der Waals surface area (Å²) in [4.78, 5) is 26.7. The zero-order valence-electron chi connectivity index (χ0n) is 13.6. The Morgan fingerprint density at radius 1 is 1.04 bits per heavy atom. The third-order valence-electron chi connectivity index (χ3n) is 4.39. The first-order chi connectivity index (χ1) is 10.9. The summed E-state index contributed by atoms with van der Waals surface area (Å²) in [6, 6.07) is 0.0165. The summed E-state index contributed by atoms with van der Waals surface area (Å²) < 4.78 is 28.8. The highest BCUT2D eigenvalue weighted by molar-refractivity contribution is 7.87. The number of carbonyl (C=O) groups is 2. The maximum atomic E-state index is 12.1. The molecule has 2 aliphatic rings. The van der Waals surface area contributed by atoms with E-state index in [0.29, 0.717) is 26.2 Å². The van der Waals surface area contributed by atoms with Gasteiger partial charge in [0.05, 0.1) is 0 Å². The zero-order valence-corrected chi connectivity index (χ0v) is 14.4. The van der Waals surface area contributed by atoms with Crippen molar-refractivity contribution in [2.45, 2.75) is 45.1 Å². The summed E-state index contributed by atoms with van der Waals surface area (Å²) in [7, 11) is -3.54. The van der Waals surface area contributed by atoms with Crippen molar-refractivity contribution in [3.8, 4) is 0 Å². The first-order valence-corrected chi connectivity index (χ1v) is 9.66. The van der Waals surface area contributed by atoms with Crippen molar-refractivity contribution in [1.82, 2.24) is 19.2 Å². The molecule has 0 aromatic heterocycles. The van der Waals surface area contributed by atoms with Gasteiger partial charge in [0.25, 0.3) is 10.2 Å². The second-order valence-corrected chi connectivity index (χ2v) is 7.67. The molecule has 2 N–H and O–H groups in total. The molecule has 2 amide bonds. The average molecular weight is 346 g/mol. The van der Waals surface area contributed by atoms with Gasteiger partial charge in [-0.2, -0.15) is 13.1 Å². The van der Waals surface area contributed by atoms with Crippen LogP contribution >= 0.6 is 0 Å². The molecule has 0 bridgehead atoms. The molecule has 0 spiro atoms. The SMILES string of the molecule is CC(=O)N1CCN(C(=O)CCNS(=O)(=O)NC2CCCC2)CC1. The maximum absolute atomic E-state index is 12.1. The number of nitrogens with one attached hydrogen (secondary N) is 2. The van der Waals surface area contributed by atoms with E-state index in [1.54, 1.807) is 9.80 Å². The van der Waals surface area contributed by atoms with Crippen molar-refractivity contribution in [3.05, 3.63) is 0 Å². The molecular weight excluding hydrogens is 320 g/mol. The molecule has 23 heavy (non-hydrogen) atoms. The summed E-state index contributed by atoms with van der Waals surface area (Å²) >= 11 is 0. The Morgan fingerprint density at radius 3 is 2.17 bits per heavy atom. The minimum Gasteiger partial charge on any atom is -0.339 e. The average Bonchev–Trinajstić information content (AvgIpc) is 2.99. The molecular formula is C14H26N4O4S. The molecule has 2 fully saturated rings. The molecule has 1 aliphatic heterocycles. The standard InChI is InChI=1S/C14H26N4O4S/c1-12(19)17-8-10-18(11-9-17)14(20)6-7-15-23(21,22)16-13-4-2-3-5-13/h13,15-16H,2-11H2,1H3. The van der Waals surface area contributed by atoms with Gasteiger partial charge in [-0.25, -0.2) is 4.72 Å². The van der Waals surface area contributed by atoms with Crippen molar-refractivity contribution >= 4 is 22.0 Å². The van der Waals surface area contributed by atoms with Crippen LogP contribution in [0.4, 0.5) is 0 Å². The summed E-state index contributed by atoms with van der Waals surface area (Å²) in [5, 5.41) is 0. The van der Waals surface area contributed by atoms with E-state index >= 15 is 0 Å². The lowest BCUT2D eigenvalue weighted by Crippen LogP contribution is -2.50. The van der Waals surface area contributed by atoms with Crippen molar-refractivity contribution in [2.75, 3.05) is 32.7 Å². The van der Waals surface area contributed by atoms with Crippen LogP contribution in [0.15, 0.2) is 0 Å². The van der Waals surface area contributed by atoms with Crippen molar-refractivity contribution < 1.29 is 18.0 Å². The van der Waals surface area contributed by atoms with Gasteiger partial charge < -0.3 is 9.80 Å². The molecule has 0 aromatic rings. The Balaban J connectivity index is 1.67. The summed E-state index contributed by atoms with van der Waals surface area (Å²) in [6.07, 6.45) is 3.99. The first-order valence-electron chi connectivity index (χ1n) is 8.17. The van der Waals surface area contributed by atoms with Gasteiger partial charge in [-0.05, 0) is 12.8 Å². The summed E-state index contributed by atoms with van der Waals surface area (Å²) in [6.45, 7) is 3.69. The Kier molecular flexibility index (Phi) is 6.37. The molecule has 9 heteroatoms. The summed E-state index contributed by atoms with van der Waals surface area (Å²) in [5.41, 5.74) is 0. The van der Waals surface area contributed by atoms with Gasteiger partial charge in [-0.3, -0.25) is 9.59 Å². The number of rotatable bonds is 6. The number of nitrogens with zero attached hydrogens (tertiary/aromatic N) is 2. The lowest BCUT2D eigenvalue weighted by atomic mass is 10.3. The largest absolute Gasteiger partial charge is 0.339 e. The van der Waals surface area contributed by atoms with Crippen LogP contribution in [0.25, 0.3) is 0 Å². The van der Waals surface area contributed by atoms with E-state index in [4.69, 9.17) is 0 Å². The Bertz CT molecular complexity index is 523. The van der Waals surface area contributed by atoms with Crippen LogP contribution in [0.1, 0.15) is 39.0 Å². The van der Waals surface area contributed by atoms with Crippen LogP contribution in [0.5, 0.6) is 0 Å². The smallest absolute Gasteiger partial charge is 0.277 e. The van der Waals surface area contributed by atoms with Crippen LogP contribution in [-0.4, -0.2) is 68.8 Å². The fraction of sp³-hybridized carbons (Fsp3) is 0.857. The van der Waals surface area contributed by atoms with E-state index < -0.39 is 10.2 Å². The third kappa shape index (κ3) is 5.74. The minimum atomic E-state index is -3.54. The molecule has 0 radical (unpaired) electrons. The van der Waals surface area contributed by atoms with Gasteiger partial charge in [0.15, 0.2) is 0 Å². The molecule has 2 rings (SSSR count). The highest BCUT2D eigenvalue weighted by Gasteiger charge is 2.23. The fourth-order valence-corrected chi connectivity index (χ4v) is 4.15. The molecule has 8 nitrogen and oxygen atoms in total. The van der Waals surface area contributed by atoms with Crippen LogP contribution < -0.4 is 9.44 Å². The predicted molar refractivity (Wildman–Crippen MR) is 85.8 cm³/mol. The maximum Gasteiger partial charge on any atom is 0.277 e. The van der Waals surface area contributed by atoms with E-state index in [9.17, 15) is 18.0 Å². The van der Waals surface area contributed by atoms with Gasteiger partial charge in [-0.15, -0.1) is 0 Å². The normalized spacial score (nSPS) is 20.0. The van der Waals surface area contributed by atoms with Gasteiger partial charge in [0.2, 0.25) is 11.8 Å². The third-order valence-corrected chi connectivity index (χ3v) is 5.61. The van der Waals surface area contributed by atoms with Crippen molar-refractivity contribution in [3.63, 3.8) is 0 Å². The molecule has 1 saturated heterocycles. The highest BCUT2D eigenvalue weighted by atomic mass is 32.2. The van der Waals surface area contributed by atoms with Crippen LogP contribution in [0.3, 0.4) is 0 Å². The first kappa shape index (κ1) is 18.2. The number of piperazine rings is 1. The summed E-state index contributed by atoms with van der Waals surface area (Å²) in [5.74, 6) is -0.0698. The molecule has 1 heterocycles. The number of amides is 2. The van der Waals surface area contributed by atoms with E-state index in [0.717, 1.165) is 25.7 Å². The van der Waals surface area contributed by atoms with Crippen LogP contribution in [0, 0.1) is 0 Å².